The molecule has 1 amide bonds. The second-order valence-corrected chi connectivity index (χ2v) is 7.56. The van der Waals surface area contributed by atoms with Crippen molar-refractivity contribution in [1.82, 2.24) is 5.43 Å². The van der Waals surface area contributed by atoms with E-state index in [-0.39, 0.29) is 5.91 Å². The van der Waals surface area contributed by atoms with Crippen molar-refractivity contribution in [3.63, 3.8) is 0 Å². The minimum atomic E-state index is -0.121. The van der Waals surface area contributed by atoms with E-state index in [9.17, 15) is 4.79 Å². The average molecular weight is 421 g/mol. The molecule has 154 valence electrons. The van der Waals surface area contributed by atoms with Gasteiger partial charge in [-0.05, 0) is 41.5 Å². The number of nitrogens with one attached hydrogen (secondary N) is 1. The first kappa shape index (κ1) is 21.5. The highest BCUT2D eigenvalue weighted by molar-refractivity contribution is 7.99. The first-order valence-electron chi connectivity index (χ1n) is 9.59. The number of amides is 1. The Kier molecular flexibility index (Phi) is 8.35. The third kappa shape index (κ3) is 6.97. The van der Waals surface area contributed by atoms with E-state index < -0.39 is 0 Å². The van der Waals surface area contributed by atoms with Crippen LogP contribution >= 0.6 is 11.8 Å². The van der Waals surface area contributed by atoms with Gasteiger partial charge in [-0.25, -0.2) is 5.43 Å². The molecule has 0 fully saturated rings. The predicted molar refractivity (Wildman–Crippen MR) is 121 cm³/mol. The van der Waals surface area contributed by atoms with Crippen LogP contribution in [0.2, 0.25) is 0 Å². The maximum atomic E-state index is 11.9. The number of hydrazone groups is 1. The summed E-state index contributed by atoms with van der Waals surface area (Å²) in [6, 6.07) is 25.5. The Hall–Kier alpha value is -3.25. The van der Waals surface area contributed by atoms with Gasteiger partial charge in [0.15, 0.2) is 11.5 Å². The van der Waals surface area contributed by atoms with Gasteiger partial charge in [-0.3, -0.25) is 4.79 Å². The molecule has 0 aliphatic rings. The zero-order valence-corrected chi connectivity index (χ0v) is 17.6. The molecule has 0 bridgehead atoms. The topological polar surface area (TPSA) is 59.9 Å². The van der Waals surface area contributed by atoms with Crippen LogP contribution in [0.3, 0.4) is 0 Å². The quantitative estimate of drug-likeness (QED) is 0.288. The SMILES string of the molecule is COc1cc(/C=N\NC(=O)CCSc2ccccc2)ccc1OCc1ccccc1. The highest BCUT2D eigenvalue weighted by Gasteiger charge is 2.06. The number of nitrogens with zero attached hydrogens (tertiary/aromatic N) is 1. The van der Waals surface area contributed by atoms with Crippen molar-refractivity contribution in [2.45, 2.75) is 17.9 Å². The van der Waals surface area contributed by atoms with Crippen molar-refractivity contribution in [3.8, 4) is 11.5 Å². The van der Waals surface area contributed by atoms with E-state index in [0.717, 1.165) is 16.0 Å². The monoisotopic (exact) mass is 420 g/mol. The van der Waals surface area contributed by atoms with Crippen LogP contribution in [0.1, 0.15) is 17.5 Å². The average Bonchev–Trinajstić information content (AvgIpc) is 2.79. The zero-order valence-electron chi connectivity index (χ0n) is 16.8. The molecule has 0 heterocycles. The normalized spacial score (nSPS) is 10.7. The van der Waals surface area contributed by atoms with E-state index in [0.29, 0.717) is 30.3 Å². The highest BCUT2D eigenvalue weighted by Crippen LogP contribution is 2.28. The Labute approximate surface area is 181 Å². The van der Waals surface area contributed by atoms with Gasteiger partial charge in [0.1, 0.15) is 6.61 Å². The Balaban J connectivity index is 1.47. The second-order valence-electron chi connectivity index (χ2n) is 6.39. The Morgan fingerprint density at radius 2 is 1.73 bits per heavy atom. The number of hydrogen-bond acceptors (Lipinski definition) is 5. The molecule has 3 aromatic rings. The van der Waals surface area contributed by atoms with Crippen molar-refractivity contribution in [2.24, 2.45) is 5.10 Å². The molecule has 0 saturated carbocycles. The summed E-state index contributed by atoms with van der Waals surface area (Å²) >= 11 is 1.64. The molecule has 0 saturated heterocycles. The Bertz CT molecular complexity index is 963. The number of carbonyl (C=O) groups is 1. The summed E-state index contributed by atoms with van der Waals surface area (Å²) in [5, 5.41) is 4.04. The number of thioether (sulfide) groups is 1. The zero-order chi connectivity index (χ0) is 21.0. The van der Waals surface area contributed by atoms with Crippen LogP contribution < -0.4 is 14.9 Å². The predicted octanol–water partition coefficient (Wildman–Crippen LogP) is 4.91. The smallest absolute Gasteiger partial charge is 0.240 e. The van der Waals surface area contributed by atoms with Crippen molar-refractivity contribution >= 4 is 23.9 Å². The number of ether oxygens (including phenoxy) is 2. The molecule has 5 nitrogen and oxygen atoms in total. The fourth-order valence-corrected chi connectivity index (χ4v) is 3.50. The highest BCUT2D eigenvalue weighted by atomic mass is 32.2. The lowest BCUT2D eigenvalue weighted by atomic mass is 10.2. The molecule has 30 heavy (non-hydrogen) atoms. The molecule has 0 aliphatic heterocycles. The van der Waals surface area contributed by atoms with Crippen molar-refractivity contribution in [1.29, 1.82) is 0 Å². The first-order valence-corrected chi connectivity index (χ1v) is 10.6. The van der Waals surface area contributed by atoms with E-state index in [2.05, 4.69) is 10.5 Å². The third-order valence-electron chi connectivity index (χ3n) is 4.17. The van der Waals surface area contributed by atoms with E-state index in [1.54, 1.807) is 25.1 Å². The summed E-state index contributed by atoms with van der Waals surface area (Å²) in [5.41, 5.74) is 4.45. The van der Waals surface area contributed by atoms with Crippen LogP contribution in [-0.2, 0) is 11.4 Å². The minimum Gasteiger partial charge on any atom is -0.493 e. The van der Waals surface area contributed by atoms with Gasteiger partial charge < -0.3 is 9.47 Å². The lowest BCUT2D eigenvalue weighted by molar-refractivity contribution is -0.120. The van der Waals surface area contributed by atoms with Gasteiger partial charge in [0.05, 0.1) is 13.3 Å². The number of methoxy groups -OCH3 is 1. The minimum absolute atomic E-state index is 0.121. The lowest BCUT2D eigenvalue weighted by Crippen LogP contribution is -2.17. The van der Waals surface area contributed by atoms with Crippen LogP contribution in [0.5, 0.6) is 11.5 Å². The molecular weight excluding hydrogens is 396 g/mol. The Morgan fingerprint density at radius 3 is 2.47 bits per heavy atom. The molecule has 6 heteroatoms. The van der Waals surface area contributed by atoms with Crippen LogP contribution in [-0.4, -0.2) is 25.0 Å². The molecule has 3 aromatic carbocycles. The Morgan fingerprint density at radius 1 is 1.00 bits per heavy atom. The lowest BCUT2D eigenvalue weighted by Gasteiger charge is -2.11. The summed E-state index contributed by atoms with van der Waals surface area (Å²) in [7, 11) is 1.60. The summed E-state index contributed by atoms with van der Waals surface area (Å²) in [6.45, 7) is 0.460. The van der Waals surface area contributed by atoms with Crippen LogP contribution in [0.15, 0.2) is 88.9 Å². The van der Waals surface area contributed by atoms with Gasteiger partial charge in [-0.1, -0.05) is 48.5 Å². The van der Waals surface area contributed by atoms with Crippen LogP contribution in [0, 0.1) is 0 Å². The summed E-state index contributed by atoms with van der Waals surface area (Å²) in [5.74, 6) is 1.84. The van der Waals surface area contributed by atoms with Gasteiger partial charge in [0.2, 0.25) is 5.91 Å². The number of benzene rings is 3. The molecule has 0 aromatic heterocycles. The fourth-order valence-electron chi connectivity index (χ4n) is 2.63. The van der Waals surface area contributed by atoms with Crippen molar-refractivity contribution < 1.29 is 14.3 Å². The molecular formula is C24H24N2O3S. The fraction of sp³-hybridized carbons (Fsp3) is 0.167. The van der Waals surface area contributed by atoms with Gasteiger partial charge in [-0.15, -0.1) is 11.8 Å². The van der Waals surface area contributed by atoms with E-state index in [1.807, 2.05) is 78.9 Å². The van der Waals surface area contributed by atoms with Gasteiger partial charge in [0.25, 0.3) is 0 Å². The van der Waals surface area contributed by atoms with E-state index in [1.165, 1.54) is 0 Å². The van der Waals surface area contributed by atoms with E-state index >= 15 is 0 Å². The molecule has 1 N–H and O–H groups in total. The number of carbonyl (C=O) groups excluding carboxylic acids is 1. The first-order chi connectivity index (χ1) is 14.7. The van der Waals surface area contributed by atoms with E-state index in [4.69, 9.17) is 9.47 Å². The molecule has 0 radical (unpaired) electrons. The maximum absolute atomic E-state index is 11.9. The van der Waals surface area contributed by atoms with Crippen molar-refractivity contribution in [2.75, 3.05) is 12.9 Å². The van der Waals surface area contributed by atoms with Crippen molar-refractivity contribution in [3.05, 3.63) is 90.0 Å². The number of hydrogen-bond donors (Lipinski definition) is 1. The van der Waals surface area contributed by atoms with Crippen LogP contribution in [0.25, 0.3) is 0 Å². The maximum Gasteiger partial charge on any atom is 0.240 e. The standard InChI is InChI=1S/C24H24N2O3S/c1-28-23-16-20(12-13-22(23)29-18-19-8-4-2-5-9-19)17-25-26-24(27)14-15-30-21-10-6-3-7-11-21/h2-13,16-17H,14-15,18H2,1H3,(H,26,27)/b25-17-. The molecule has 0 unspecified atom stereocenters. The largest absolute Gasteiger partial charge is 0.493 e. The van der Waals surface area contributed by atoms with Crippen LogP contribution in [0.4, 0.5) is 0 Å². The van der Waals surface area contributed by atoms with Gasteiger partial charge in [-0.2, -0.15) is 5.10 Å². The molecule has 0 atom stereocenters. The molecule has 3 rings (SSSR count). The summed E-state index contributed by atoms with van der Waals surface area (Å²) in [6.07, 6.45) is 1.98. The van der Waals surface area contributed by atoms with Gasteiger partial charge in [0, 0.05) is 17.1 Å². The molecule has 0 spiro atoms. The third-order valence-corrected chi connectivity index (χ3v) is 5.18. The number of rotatable bonds is 10. The summed E-state index contributed by atoms with van der Waals surface area (Å²) < 4.78 is 11.3. The second kappa shape index (κ2) is 11.7. The van der Waals surface area contributed by atoms with Gasteiger partial charge >= 0.3 is 0 Å². The molecule has 0 aliphatic carbocycles. The summed E-state index contributed by atoms with van der Waals surface area (Å²) in [4.78, 5) is 13.1.